The Labute approximate surface area is 131 Å². The molecule has 7 heteroatoms. The molecule has 0 aliphatic carbocycles. The Morgan fingerprint density at radius 3 is 3.05 bits per heavy atom. The van der Waals surface area contributed by atoms with Crippen LogP contribution in [0, 0.1) is 0 Å². The van der Waals surface area contributed by atoms with E-state index < -0.39 is 0 Å². The molecule has 2 aromatic rings. The Morgan fingerprint density at radius 1 is 1.43 bits per heavy atom. The molecule has 0 unspecified atom stereocenters. The van der Waals surface area contributed by atoms with Crippen LogP contribution in [0.2, 0.25) is 0 Å². The predicted molar refractivity (Wildman–Crippen MR) is 81.0 cm³/mol. The SMILES string of the molecule is Cn1cc(O[C@@H]2COC[C@@H]2NCc2ccc(Br)cn2)cn1. The molecule has 112 valence electrons. The molecule has 0 saturated carbocycles. The number of halogens is 1. The van der Waals surface area contributed by atoms with E-state index in [-0.39, 0.29) is 12.1 Å². The van der Waals surface area contributed by atoms with E-state index in [1.807, 2.05) is 25.4 Å². The van der Waals surface area contributed by atoms with Gasteiger partial charge in [-0.1, -0.05) is 0 Å². The van der Waals surface area contributed by atoms with E-state index in [4.69, 9.17) is 9.47 Å². The monoisotopic (exact) mass is 352 g/mol. The molecule has 6 nitrogen and oxygen atoms in total. The van der Waals surface area contributed by atoms with Crippen molar-refractivity contribution in [3.8, 4) is 5.75 Å². The van der Waals surface area contributed by atoms with Crippen LogP contribution >= 0.6 is 15.9 Å². The molecule has 21 heavy (non-hydrogen) atoms. The van der Waals surface area contributed by atoms with Crippen LogP contribution in [0.15, 0.2) is 35.2 Å². The number of ether oxygens (including phenoxy) is 2. The third-order valence-corrected chi connectivity index (χ3v) is 3.80. The molecule has 2 atom stereocenters. The minimum absolute atomic E-state index is 0.00958. The van der Waals surface area contributed by atoms with E-state index in [0.29, 0.717) is 19.8 Å². The molecule has 0 radical (unpaired) electrons. The van der Waals surface area contributed by atoms with Crippen LogP contribution < -0.4 is 10.1 Å². The molecule has 1 aliphatic rings. The summed E-state index contributed by atoms with van der Waals surface area (Å²) in [5.41, 5.74) is 0.991. The Kier molecular flexibility index (Phi) is 4.52. The summed E-state index contributed by atoms with van der Waals surface area (Å²) in [5, 5.41) is 7.54. The highest BCUT2D eigenvalue weighted by Crippen LogP contribution is 2.16. The molecular formula is C14H17BrN4O2. The molecule has 1 aliphatic heterocycles. The Balaban J connectivity index is 1.55. The molecule has 1 fully saturated rings. The second-order valence-corrected chi connectivity index (χ2v) is 5.91. The van der Waals surface area contributed by atoms with Gasteiger partial charge in [0, 0.05) is 24.3 Å². The van der Waals surface area contributed by atoms with Crippen LogP contribution in [0.5, 0.6) is 5.75 Å². The van der Waals surface area contributed by atoms with Crippen molar-refractivity contribution < 1.29 is 9.47 Å². The second kappa shape index (κ2) is 6.55. The largest absolute Gasteiger partial charge is 0.483 e. The normalized spacial score (nSPS) is 21.6. The van der Waals surface area contributed by atoms with Gasteiger partial charge < -0.3 is 14.8 Å². The minimum Gasteiger partial charge on any atom is -0.483 e. The summed E-state index contributed by atoms with van der Waals surface area (Å²) in [6.45, 7) is 1.91. The van der Waals surface area contributed by atoms with Crippen molar-refractivity contribution >= 4 is 15.9 Å². The molecule has 2 aromatic heterocycles. The van der Waals surface area contributed by atoms with E-state index >= 15 is 0 Å². The van der Waals surface area contributed by atoms with Gasteiger partial charge in [0.15, 0.2) is 5.75 Å². The number of hydrogen-bond acceptors (Lipinski definition) is 5. The maximum atomic E-state index is 5.92. The first-order valence-electron chi connectivity index (χ1n) is 6.77. The van der Waals surface area contributed by atoms with Crippen molar-refractivity contribution in [2.45, 2.75) is 18.7 Å². The molecule has 1 N–H and O–H groups in total. The highest BCUT2D eigenvalue weighted by molar-refractivity contribution is 9.10. The fraction of sp³-hybridized carbons (Fsp3) is 0.429. The maximum absolute atomic E-state index is 5.92. The molecule has 3 rings (SSSR count). The lowest BCUT2D eigenvalue weighted by Crippen LogP contribution is -2.41. The van der Waals surface area contributed by atoms with Crippen molar-refractivity contribution in [2.75, 3.05) is 13.2 Å². The van der Waals surface area contributed by atoms with Gasteiger partial charge in [0.1, 0.15) is 6.10 Å². The van der Waals surface area contributed by atoms with Gasteiger partial charge in [0.25, 0.3) is 0 Å². The summed E-state index contributed by atoms with van der Waals surface area (Å²) in [6.07, 6.45) is 5.35. The number of aromatic nitrogens is 3. The predicted octanol–water partition coefficient (Wildman–Crippen LogP) is 1.51. The van der Waals surface area contributed by atoms with Gasteiger partial charge in [0.2, 0.25) is 0 Å². The minimum atomic E-state index is -0.00958. The van der Waals surface area contributed by atoms with Crippen molar-refractivity contribution in [1.82, 2.24) is 20.1 Å². The lowest BCUT2D eigenvalue weighted by Gasteiger charge is -2.19. The summed E-state index contributed by atoms with van der Waals surface area (Å²) < 4.78 is 14.1. The number of aryl methyl sites for hydroxylation is 1. The van der Waals surface area contributed by atoms with Gasteiger partial charge in [-0.3, -0.25) is 9.67 Å². The second-order valence-electron chi connectivity index (χ2n) is 5.00. The van der Waals surface area contributed by atoms with Crippen molar-refractivity contribution in [2.24, 2.45) is 7.05 Å². The van der Waals surface area contributed by atoms with Crippen LogP contribution in [-0.4, -0.2) is 40.1 Å². The standard InChI is InChI=1S/C14H17BrN4O2/c1-19-7-12(6-18-19)21-14-9-20-8-13(14)17-5-11-3-2-10(15)4-16-11/h2-4,6-7,13-14,17H,5,8-9H2,1H3/t13-,14+/m0/s1. The summed E-state index contributed by atoms with van der Waals surface area (Å²) >= 11 is 3.38. The first-order valence-corrected chi connectivity index (χ1v) is 7.57. The van der Waals surface area contributed by atoms with Crippen LogP contribution in [0.1, 0.15) is 5.69 Å². The Bertz CT molecular complexity index is 587. The number of nitrogens with one attached hydrogen (secondary N) is 1. The Morgan fingerprint density at radius 2 is 2.33 bits per heavy atom. The fourth-order valence-corrected chi connectivity index (χ4v) is 2.46. The van der Waals surface area contributed by atoms with Crippen LogP contribution in [0.25, 0.3) is 0 Å². The van der Waals surface area contributed by atoms with Gasteiger partial charge in [-0.2, -0.15) is 5.10 Å². The third kappa shape index (κ3) is 3.81. The lowest BCUT2D eigenvalue weighted by atomic mass is 10.2. The lowest BCUT2D eigenvalue weighted by molar-refractivity contribution is 0.139. The highest BCUT2D eigenvalue weighted by Gasteiger charge is 2.30. The Hall–Kier alpha value is -1.44. The van der Waals surface area contributed by atoms with E-state index in [2.05, 4.69) is 31.3 Å². The number of hydrogen-bond donors (Lipinski definition) is 1. The number of pyridine rings is 1. The van der Waals surface area contributed by atoms with Crippen LogP contribution in [0.4, 0.5) is 0 Å². The first-order chi connectivity index (χ1) is 10.2. The molecular weight excluding hydrogens is 336 g/mol. The summed E-state index contributed by atoms with van der Waals surface area (Å²) in [7, 11) is 1.87. The molecule has 3 heterocycles. The highest BCUT2D eigenvalue weighted by atomic mass is 79.9. The van der Waals surface area contributed by atoms with Gasteiger partial charge in [-0.15, -0.1) is 0 Å². The molecule has 0 bridgehead atoms. The average Bonchev–Trinajstić information content (AvgIpc) is 3.08. The molecule has 1 saturated heterocycles. The van der Waals surface area contributed by atoms with E-state index in [9.17, 15) is 0 Å². The van der Waals surface area contributed by atoms with Gasteiger partial charge in [-0.05, 0) is 28.1 Å². The first kappa shape index (κ1) is 14.5. The van der Waals surface area contributed by atoms with Crippen molar-refractivity contribution in [3.63, 3.8) is 0 Å². The third-order valence-electron chi connectivity index (χ3n) is 3.33. The summed E-state index contributed by atoms with van der Waals surface area (Å²) in [4.78, 5) is 4.35. The maximum Gasteiger partial charge on any atom is 0.157 e. The number of nitrogens with zero attached hydrogens (tertiary/aromatic N) is 3. The molecule has 0 spiro atoms. The summed E-state index contributed by atoms with van der Waals surface area (Å²) in [5.74, 6) is 0.765. The van der Waals surface area contributed by atoms with Gasteiger partial charge in [-0.25, -0.2) is 0 Å². The topological polar surface area (TPSA) is 61.2 Å². The smallest absolute Gasteiger partial charge is 0.157 e. The van der Waals surface area contributed by atoms with E-state index in [0.717, 1.165) is 15.9 Å². The summed E-state index contributed by atoms with van der Waals surface area (Å²) in [6, 6.07) is 4.12. The van der Waals surface area contributed by atoms with E-state index in [1.165, 1.54) is 0 Å². The molecule has 0 amide bonds. The molecule has 0 aromatic carbocycles. The zero-order chi connectivity index (χ0) is 14.7. The number of rotatable bonds is 5. The zero-order valence-electron chi connectivity index (χ0n) is 11.7. The quantitative estimate of drug-likeness (QED) is 0.883. The van der Waals surface area contributed by atoms with Gasteiger partial charge in [0.05, 0.1) is 37.3 Å². The van der Waals surface area contributed by atoms with Crippen molar-refractivity contribution in [3.05, 3.63) is 40.9 Å². The van der Waals surface area contributed by atoms with Gasteiger partial charge >= 0.3 is 0 Å². The van der Waals surface area contributed by atoms with Crippen LogP contribution in [0.3, 0.4) is 0 Å². The van der Waals surface area contributed by atoms with E-state index in [1.54, 1.807) is 17.1 Å². The van der Waals surface area contributed by atoms with Crippen LogP contribution in [-0.2, 0) is 18.3 Å². The zero-order valence-corrected chi connectivity index (χ0v) is 13.3. The average molecular weight is 353 g/mol. The fourth-order valence-electron chi connectivity index (χ4n) is 2.22. The van der Waals surface area contributed by atoms with Crippen molar-refractivity contribution in [1.29, 1.82) is 0 Å².